The first-order valence-electron chi connectivity index (χ1n) is 6.27. The molecule has 3 nitrogen and oxygen atoms in total. The predicted molar refractivity (Wildman–Crippen MR) is 75.4 cm³/mol. The molecule has 3 N–H and O–H groups in total. The number of nitrogens with zero attached hydrogens (tertiary/aromatic N) is 1. The van der Waals surface area contributed by atoms with Crippen LogP contribution < -0.4 is 5.73 Å². The minimum atomic E-state index is 0.175. The van der Waals surface area contributed by atoms with Crippen LogP contribution in [0.4, 0.5) is 0 Å². The molecule has 3 heteroatoms. The molecule has 0 fully saturated rings. The van der Waals surface area contributed by atoms with Crippen molar-refractivity contribution in [2.24, 2.45) is 5.73 Å². The van der Waals surface area contributed by atoms with Crippen molar-refractivity contribution in [3.63, 3.8) is 0 Å². The van der Waals surface area contributed by atoms with Gasteiger partial charge in [0.15, 0.2) is 0 Å². The van der Waals surface area contributed by atoms with E-state index in [0.717, 1.165) is 11.3 Å². The number of nitrogens with two attached hydrogens (primary N) is 1. The number of aromatic amines is 1. The Labute approximate surface area is 108 Å². The third-order valence-electron chi connectivity index (χ3n) is 3.30. The van der Waals surface area contributed by atoms with Crippen molar-refractivity contribution in [1.82, 2.24) is 10.2 Å². The molecule has 96 valence electrons. The van der Waals surface area contributed by atoms with E-state index in [4.69, 9.17) is 5.73 Å². The fourth-order valence-electron chi connectivity index (χ4n) is 2.11. The summed E-state index contributed by atoms with van der Waals surface area (Å²) < 4.78 is 0. The lowest BCUT2D eigenvalue weighted by atomic mass is 9.85. The van der Waals surface area contributed by atoms with Crippen LogP contribution in [0.15, 0.2) is 24.4 Å². The number of hydrogen-bond donors (Lipinski definition) is 2. The first kappa shape index (κ1) is 12.8. The van der Waals surface area contributed by atoms with Crippen molar-refractivity contribution >= 4 is 0 Å². The maximum absolute atomic E-state index is 5.72. The molecule has 1 aromatic heterocycles. The number of hydrogen-bond acceptors (Lipinski definition) is 2. The molecule has 2 aromatic rings. The van der Waals surface area contributed by atoms with E-state index in [1.807, 2.05) is 0 Å². The van der Waals surface area contributed by atoms with Crippen LogP contribution >= 0.6 is 0 Å². The Balaban J connectivity index is 2.48. The molecule has 1 heterocycles. The summed E-state index contributed by atoms with van der Waals surface area (Å²) in [6.07, 6.45) is 1.80. The van der Waals surface area contributed by atoms with Gasteiger partial charge in [-0.3, -0.25) is 5.10 Å². The number of aromatic nitrogens is 2. The smallest absolute Gasteiger partial charge is 0.0697 e. The Morgan fingerprint density at radius 2 is 2.00 bits per heavy atom. The second-order valence-electron chi connectivity index (χ2n) is 5.75. The van der Waals surface area contributed by atoms with Crippen molar-refractivity contribution in [2.75, 3.05) is 0 Å². The summed E-state index contributed by atoms with van der Waals surface area (Å²) in [5.74, 6) is 0. The zero-order chi connectivity index (χ0) is 13.3. The van der Waals surface area contributed by atoms with Crippen LogP contribution in [0.3, 0.4) is 0 Å². The lowest BCUT2D eigenvalue weighted by molar-refractivity contribution is 0.590. The number of aryl methyl sites for hydroxylation is 1. The van der Waals surface area contributed by atoms with Crippen LogP contribution in [0.5, 0.6) is 0 Å². The Kier molecular flexibility index (Phi) is 3.26. The van der Waals surface area contributed by atoms with E-state index in [2.05, 4.69) is 56.1 Å². The second kappa shape index (κ2) is 4.58. The van der Waals surface area contributed by atoms with Crippen molar-refractivity contribution in [3.8, 4) is 11.3 Å². The van der Waals surface area contributed by atoms with Gasteiger partial charge in [-0.2, -0.15) is 5.10 Å². The number of benzene rings is 1. The molecule has 0 amide bonds. The molecule has 0 saturated heterocycles. The van der Waals surface area contributed by atoms with Crippen LogP contribution in [-0.2, 0) is 12.0 Å². The van der Waals surface area contributed by atoms with Gasteiger partial charge in [-0.25, -0.2) is 0 Å². The molecule has 0 aliphatic carbocycles. The normalized spacial score (nSPS) is 11.8. The highest BCUT2D eigenvalue weighted by atomic mass is 15.1. The van der Waals surface area contributed by atoms with E-state index < -0.39 is 0 Å². The predicted octanol–water partition coefficient (Wildman–Crippen LogP) is 3.14. The second-order valence-corrected chi connectivity index (χ2v) is 5.75. The monoisotopic (exact) mass is 243 g/mol. The fraction of sp³-hybridized carbons (Fsp3) is 0.400. The lowest BCUT2D eigenvalue weighted by Gasteiger charge is -2.20. The highest BCUT2D eigenvalue weighted by Gasteiger charge is 2.16. The van der Waals surface area contributed by atoms with Gasteiger partial charge in [0.25, 0.3) is 0 Å². The summed E-state index contributed by atoms with van der Waals surface area (Å²) in [6.45, 7) is 9.31. The first-order chi connectivity index (χ1) is 8.43. The van der Waals surface area contributed by atoms with Crippen molar-refractivity contribution in [3.05, 3.63) is 41.1 Å². The molecule has 18 heavy (non-hydrogen) atoms. The van der Waals surface area contributed by atoms with Crippen LogP contribution in [0, 0.1) is 6.92 Å². The number of nitrogens with one attached hydrogen (secondary N) is 1. The molecular weight excluding hydrogens is 222 g/mol. The Bertz CT molecular complexity index is 547. The molecule has 1 aromatic carbocycles. The van der Waals surface area contributed by atoms with E-state index in [0.29, 0.717) is 6.54 Å². The summed E-state index contributed by atoms with van der Waals surface area (Å²) in [4.78, 5) is 0. The average Bonchev–Trinajstić information content (AvgIpc) is 2.75. The van der Waals surface area contributed by atoms with Crippen LogP contribution in [0.2, 0.25) is 0 Å². The van der Waals surface area contributed by atoms with Gasteiger partial charge in [-0.1, -0.05) is 39.0 Å². The maximum Gasteiger partial charge on any atom is 0.0697 e. The zero-order valence-corrected chi connectivity index (χ0v) is 11.5. The standard InChI is InChI=1S/C15H21N3/c1-10-7-12(15(2,3)4)5-6-13(10)14-11(8-16)9-17-18-14/h5-7,9H,8,16H2,1-4H3,(H,17,18). The van der Waals surface area contributed by atoms with Gasteiger partial charge in [0.05, 0.1) is 11.9 Å². The summed E-state index contributed by atoms with van der Waals surface area (Å²) in [6, 6.07) is 6.59. The molecule has 0 spiro atoms. The lowest BCUT2D eigenvalue weighted by Crippen LogP contribution is -2.11. The molecule has 0 unspecified atom stereocenters. The molecule has 0 aliphatic rings. The summed E-state index contributed by atoms with van der Waals surface area (Å²) >= 11 is 0. The quantitative estimate of drug-likeness (QED) is 0.851. The van der Waals surface area contributed by atoms with Crippen LogP contribution in [0.25, 0.3) is 11.3 Å². The zero-order valence-electron chi connectivity index (χ0n) is 11.5. The third-order valence-corrected chi connectivity index (χ3v) is 3.30. The Morgan fingerprint density at radius 1 is 1.28 bits per heavy atom. The van der Waals surface area contributed by atoms with E-state index >= 15 is 0 Å². The van der Waals surface area contributed by atoms with Crippen molar-refractivity contribution < 1.29 is 0 Å². The molecule has 0 atom stereocenters. The summed E-state index contributed by atoms with van der Waals surface area (Å²) in [5.41, 5.74) is 11.8. The summed E-state index contributed by atoms with van der Waals surface area (Å²) in [7, 11) is 0. The average molecular weight is 243 g/mol. The molecule has 0 aliphatic heterocycles. The van der Waals surface area contributed by atoms with E-state index in [1.54, 1.807) is 6.20 Å². The topological polar surface area (TPSA) is 54.7 Å². The van der Waals surface area contributed by atoms with E-state index in [9.17, 15) is 0 Å². The van der Waals surface area contributed by atoms with Crippen LogP contribution in [0.1, 0.15) is 37.5 Å². The van der Waals surface area contributed by atoms with Gasteiger partial charge < -0.3 is 5.73 Å². The fourth-order valence-corrected chi connectivity index (χ4v) is 2.11. The molecule has 0 saturated carbocycles. The Hall–Kier alpha value is -1.61. The largest absolute Gasteiger partial charge is 0.326 e. The number of rotatable bonds is 2. The number of H-pyrrole nitrogens is 1. The third kappa shape index (κ3) is 2.31. The summed E-state index contributed by atoms with van der Waals surface area (Å²) in [5, 5.41) is 7.12. The van der Waals surface area contributed by atoms with Gasteiger partial charge in [0.1, 0.15) is 0 Å². The SMILES string of the molecule is Cc1cc(C(C)(C)C)ccc1-c1[nH]ncc1CN. The highest BCUT2D eigenvalue weighted by molar-refractivity contribution is 5.67. The van der Waals surface area contributed by atoms with Gasteiger partial charge in [-0.15, -0.1) is 0 Å². The first-order valence-corrected chi connectivity index (χ1v) is 6.27. The van der Waals surface area contributed by atoms with Gasteiger partial charge >= 0.3 is 0 Å². The maximum atomic E-state index is 5.72. The van der Waals surface area contributed by atoms with E-state index in [1.165, 1.54) is 16.7 Å². The van der Waals surface area contributed by atoms with Crippen molar-refractivity contribution in [2.45, 2.75) is 39.7 Å². The Morgan fingerprint density at radius 3 is 2.56 bits per heavy atom. The van der Waals surface area contributed by atoms with Crippen molar-refractivity contribution in [1.29, 1.82) is 0 Å². The molecule has 0 bridgehead atoms. The molecular formula is C15H21N3. The molecule has 2 rings (SSSR count). The molecule has 0 radical (unpaired) electrons. The minimum absolute atomic E-state index is 0.175. The van der Waals surface area contributed by atoms with Gasteiger partial charge in [0.2, 0.25) is 0 Å². The van der Waals surface area contributed by atoms with Crippen LogP contribution in [-0.4, -0.2) is 10.2 Å². The minimum Gasteiger partial charge on any atom is -0.326 e. The van der Waals surface area contributed by atoms with Gasteiger partial charge in [-0.05, 0) is 23.5 Å². The highest BCUT2D eigenvalue weighted by Crippen LogP contribution is 2.29. The van der Waals surface area contributed by atoms with Gasteiger partial charge in [0, 0.05) is 17.7 Å². The van der Waals surface area contributed by atoms with E-state index in [-0.39, 0.29) is 5.41 Å².